The van der Waals surface area contributed by atoms with Gasteiger partial charge in [0, 0.05) is 20.3 Å². The van der Waals surface area contributed by atoms with Crippen molar-refractivity contribution in [3.63, 3.8) is 0 Å². The molecule has 6 heteroatoms. The van der Waals surface area contributed by atoms with Gasteiger partial charge >= 0.3 is 0 Å². The number of nitrogens with zero attached hydrogens (tertiary/aromatic N) is 1. The van der Waals surface area contributed by atoms with Crippen molar-refractivity contribution in [2.24, 2.45) is 0 Å². The van der Waals surface area contributed by atoms with Crippen molar-refractivity contribution in [3.05, 3.63) is 0 Å². The fourth-order valence-corrected chi connectivity index (χ4v) is 2.62. The average molecular weight is 266 g/mol. The Morgan fingerprint density at radius 2 is 1.82 bits per heavy atom. The van der Waals surface area contributed by atoms with Crippen molar-refractivity contribution in [1.29, 1.82) is 0 Å². The number of hydrogen-bond acceptors (Lipinski definition) is 5. The minimum atomic E-state index is -2.91. The molecule has 0 aromatic rings. The Morgan fingerprint density at radius 3 is 2.41 bits per heavy atom. The van der Waals surface area contributed by atoms with Gasteiger partial charge in [0.15, 0.2) is 9.84 Å². The third-order valence-corrected chi connectivity index (χ3v) is 4.09. The summed E-state index contributed by atoms with van der Waals surface area (Å²) in [5.41, 5.74) is 0. The summed E-state index contributed by atoms with van der Waals surface area (Å²) in [6, 6.07) is 0. The molecule has 0 saturated heterocycles. The maximum Gasteiger partial charge on any atom is 0.151 e. The third kappa shape index (κ3) is 12.1. The number of nitrogens with one attached hydrogen (secondary N) is 1. The molecular weight excluding hydrogens is 240 g/mol. The highest BCUT2D eigenvalue weighted by molar-refractivity contribution is 7.91. The standard InChI is InChI=1S/C11H26N2O3S/c1-13(2)8-4-6-12-7-11-17(14,15)10-5-9-16-3/h12H,4-11H2,1-3H3. The van der Waals surface area contributed by atoms with Crippen LogP contribution in [0.15, 0.2) is 0 Å². The molecule has 0 heterocycles. The maximum atomic E-state index is 11.5. The van der Waals surface area contributed by atoms with Gasteiger partial charge < -0.3 is 15.0 Å². The zero-order valence-corrected chi connectivity index (χ0v) is 12.1. The fraction of sp³-hybridized carbons (Fsp3) is 1.00. The number of rotatable bonds is 11. The molecule has 0 fully saturated rings. The monoisotopic (exact) mass is 266 g/mol. The van der Waals surface area contributed by atoms with Crippen LogP contribution in [0.3, 0.4) is 0 Å². The Bertz CT molecular complexity index is 266. The summed E-state index contributed by atoms with van der Waals surface area (Å²) in [6.45, 7) is 2.94. The normalized spacial score (nSPS) is 12.2. The lowest BCUT2D eigenvalue weighted by atomic mass is 10.4. The second kappa shape index (κ2) is 9.82. The number of ether oxygens (including phenoxy) is 1. The summed E-state index contributed by atoms with van der Waals surface area (Å²) in [4.78, 5) is 2.11. The summed E-state index contributed by atoms with van der Waals surface area (Å²) in [5.74, 6) is 0.443. The summed E-state index contributed by atoms with van der Waals surface area (Å²) in [6.07, 6.45) is 1.62. The highest BCUT2D eigenvalue weighted by atomic mass is 32.2. The van der Waals surface area contributed by atoms with Gasteiger partial charge in [-0.25, -0.2) is 8.42 Å². The Labute approximate surface area is 105 Å². The van der Waals surface area contributed by atoms with Gasteiger partial charge in [-0.05, 0) is 40.0 Å². The zero-order valence-electron chi connectivity index (χ0n) is 11.2. The molecule has 0 aliphatic rings. The maximum absolute atomic E-state index is 11.5. The quantitative estimate of drug-likeness (QED) is 0.533. The second-order valence-corrected chi connectivity index (χ2v) is 6.71. The highest BCUT2D eigenvalue weighted by Crippen LogP contribution is 1.93. The molecule has 0 amide bonds. The van der Waals surface area contributed by atoms with Gasteiger partial charge in [-0.3, -0.25) is 0 Å². The molecule has 17 heavy (non-hydrogen) atoms. The van der Waals surface area contributed by atoms with Crippen LogP contribution in [0.2, 0.25) is 0 Å². The van der Waals surface area contributed by atoms with Crippen molar-refractivity contribution < 1.29 is 13.2 Å². The molecule has 0 rings (SSSR count). The molecule has 0 aromatic carbocycles. The second-order valence-electron chi connectivity index (χ2n) is 4.41. The summed E-state index contributed by atoms with van der Waals surface area (Å²) in [7, 11) is 2.73. The number of methoxy groups -OCH3 is 1. The predicted octanol–water partition coefficient (Wildman–Crippen LogP) is -0.0210. The molecule has 0 radical (unpaired) electrons. The molecule has 104 valence electrons. The third-order valence-electron chi connectivity index (χ3n) is 2.35. The molecule has 0 saturated carbocycles. The van der Waals surface area contributed by atoms with E-state index in [1.54, 1.807) is 7.11 Å². The fourth-order valence-electron chi connectivity index (χ4n) is 1.40. The molecular formula is C11H26N2O3S. The largest absolute Gasteiger partial charge is 0.385 e. The Hall–Kier alpha value is -0.170. The van der Waals surface area contributed by atoms with Gasteiger partial charge in [-0.2, -0.15) is 0 Å². The first-order valence-corrected chi connectivity index (χ1v) is 7.85. The Balaban J connectivity index is 3.46. The average Bonchev–Trinajstić information content (AvgIpc) is 2.23. The summed E-state index contributed by atoms with van der Waals surface area (Å²) in [5, 5.41) is 3.15. The van der Waals surface area contributed by atoms with E-state index in [0.717, 1.165) is 19.5 Å². The van der Waals surface area contributed by atoms with Gasteiger partial charge in [0.1, 0.15) is 0 Å². The van der Waals surface area contributed by atoms with Crippen molar-refractivity contribution in [2.75, 3.05) is 59.0 Å². The zero-order chi connectivity index (χ0) is 13.1. The molecule has 0 aliphatic carbocycles. The van der Waals surface area contributed by atoms with Crippen LogP contribution in [0.1, 0.15) is 12.8 Å². The van der Waals surface area contributed by atoms with E-state index >= 15 is 0 Å². The van der Waals surface area contributed by atoms with Gasteiger partial charge in [-0.15, -0.1) is 0 Å². The topological polar surface area (TPSA) is 58.6 Å². The van der Waals surface area contributed by atoms with E-state index in [1.807, 2.05) is 14.1 Å². The van der Waals surface area contributed by atoms with Crippen molar-refractivity contribution in [2.45, 2.75) is 12.8 Å². The van der Waals surface area contributed by atoms with Crippen LogP contribution >= 0.6 is 0 Å². The molecule has 1 N–H and O–H groups in total. The highest BCUT2D eigenvalue weighted by Gasteiger charge is 2.09. The van der Waals surface area contributed by atoms with Crippen LogP contribution < -0.4 is 5.32 Å². The van der Waals surface area contributed by atoms with Crippen LogP contribution in [0.5, 0.6) is 0 Å². The van der Waals surface area contributed by atoms with E-state index in [-0.39, 0.29) is 11.5 Å². The molecule has 0 aromatic heterocycles. The van der Waals surface area contributed by atoms with E-state index in [1.165, 1.54) is 0 Å². The molecule has 0 atom stereocenters. The van der Waals surface area contributed by atoms with Gasteiger partial charge in [0.05, 0.1) is 11.5 Å². The first kappa shape index (κ1) is 16.8. The molecule has 0 aliphatic heterocycles. The first-order chi connectivity index (χ1) is 7.98. The number of hydrogen-bond donors (Lipinski definition) is 1. The minimum Gasteiger partial charge on any atom is -0.385 e. The molecule has 0 spiro atoms. The lowest BCUT2D eigenvalue weighted by molar-refractivity contribution is 0.199. The minimum absolute atomic E-state index is 0.221. The summed E-state index contributed by atoms with van der Waals surface area (Å²) >= 11 is 0. The van der Waals surface area contributed by atoms with Crippen LogP contribution in [-0.4, -0.2) is 72.3 Å². The Kier molecular flexibility index (Phi) is 9.72. The predicted molar refractivity (Wildman–Crippen MR) is 71.2 cm³/mol. The Morgan fingerprint density at radius 1 is 1.12 bits per heavy atom. The van der Waals surface area contributed by atoms with Crippen LogP contribution in [0.4, 0.5) is 0 Å². The van der Waals surface area contributed by atoms with E-state index in [0.29, 0.717) is 19.6 Å². The lowest BCUT2D eigenvalue weighted by Gasteiger charge is -2.10. The van der Waals surface area contributed by atoms with E-state index in [4.69, 9.17) is 4.74 Å². The van der Waals surface area contributed by atoms with E-state index in [9.17, 15) is 8.42 Å². The van der Waals surface area contributed by atoms with Crippen molar-refractivity contribution >= 4 is 9.84 Å². The first-order valence-electron chi connectivity index (χ1n) is 6.03. The van der Waals surface area contributed by atoms with Crippen LogP contribution in [0, 0.1) is 0 Å². The van der Waals surface area contributed by atoms with Gasteiger partial charge in [0.2, 0.25) is 0 Å². The van der Waals surface area contributed by atoms with Crippen LogP contribution in [-0.2, 0) is 14.6 Å². The molecule has 5 nitrogen and oxygen atoms in total. The molecule has 0 bridgehead atoms. The molecule has 0 unspecified atom stereocenters. The number of sulfone groups is 1. The van der Waals surface area contributed by atoms with Crippen molar-refractivity contribution in [1.82, 2.24) is 10.2 Å². The SMILES string of the molecule is COCCCS(=O)(=O)CCNCCCN(C)C. The van der Waals surface area contributed by atoms with Crippen LogP contribution in [0.25, 0.3) is 0 Å². The van der Waals surface area contributed by atoms with Gasteiger partial charge in [-0.1, -0.05) is 0 Å². The van der Waals surface area contributed by atoms with E-state index in [2.05, 4.69) is 10.2 Å². The smallest absolute Gasteiger partial charge is 0.151 e. The lowest BCUT2D eigenvalue weighted by Crippen LogP contribution is -2.27. The van der Waals surface area contributed by atoms with Gasteiger partial charge in [0.25, 0.3) is 0 Å². The van der Waals surface area contributed by atoms with Crippen molar-refractivity contribution in [3.8, 4) is 0 Å². The summed E-state index contributed by atoms with van der Waals surface area (Å²) < 4.78 is 27.9. The van der Waals surface area contributed by atoms with E-state index < -0.39 is 9.84 Å².